The van der Waals surface area contributed by atoms with Crippen LogP contribution in [-0.2, 0) is 19.0 Å². The zero-order chi connectivity index (χ0) is 21.8. The summed E-state index contributed by atoms with van der Waals surface area (Å²) in [5.41, 5.74) is 2.41. The quantitative estimate of drug-likeness (QED) is 0.434. The highest BCUT2D eigenvalue weighted by atomic mass is 16.5. The Labute approximate surface area is 181 Å². The highest BCUT2D eigenvalue weighted by molar-refractivity contribution is 5.95. The average Bonchev–Trinajstić information content (AvgIpc) is 3.24. The molecule has 1 unspecified atom stereocenters. The number of aromatic nitrogens is 6. The van der Waals surface area contributed by atoms with Gasteiger partial charge < -0.3 is 14.0 Å². The molecule has 4 aromatic rings. The van der Waals surface area contributed by atoms with E-state index in [0.717, 1.165) is 23.6 Å². The summed E-state index contributed by atoms with van der Waals surface area (Å²) in [5, 5.41) is 4.28. The second-order valence-electron chi connectivity index (χ2n) is 8.99. The molecule has 0 radical (unpaired) electrons. The predicted octanol–water partition coefficient (Wildman–Crippen LogP) is 1.15. The van der Waals surface area contributed by atoms with E-state index in [2.05, 4.69) is 31.1 Å². The van der Waals surface area contributed by atoms with E-state index in [-0.39, 0.29) is 23.3 Å². The van der Waals surface area contributed by atoms with Gasteiger partial charge in [-0.3, -0.25) is 14.2 Å². The molecule has 0 N–H and O–H groups in total. The van der Waals surface area contributed by atoms with Crippen molar-refractivity contribution in [1.82, 2.24) is 29.2 Å². The third kappa shape index (κ3) is 2.09. The number of nitrogens with zero attached hydrogens (tertiary/aromatic N) is 7. The van der Waals surface area contributed by atoms with E-state index in [0.29, 0.717) is 34.9 Å². The first-order valence-corrected chi connectivity index (χ1v) is 10.6. The second-order valence-corrected chi connectivity index (χ2v) is 8.99. The van der Waals surface area contributed by atoms with Gasteiger partial charge in [0, 0.05) is 36.8 Å². The summed E-state index contributed by atoms with van der Waals surface area (Å²) < 4.78 is 8.64. The van der Waals surface area contributed by atoms with Crippen LogP contribution in [0, 0.1) is 11.8 Å². The molecular weight excluding hydrogens is 410 g/mol. The van der Waals surface area contributed by atoms with Crippen molar-refractivity contribution in [3.05, 3.63) is 64.6 Å². The third-order valence-electron chi connectivity index (χ3n) is 7.39. The van der Waals surface area contributed by atoms with Crippen LogP contribution in [0.3, 0.4) is 0 Å². The van der Waals surface area contributed by atoms with Crippen molar-refractivity contribution in [2.75, 3.05) is 11.4 Å². The molecule has 0 spiro atoms. The van der Waals surface area contributed by atoms with Crippen LogP contribution in [0.15, 0.2) is 46.2 Å². The van der Waals surface area contributed by atoms with Gasteiger partial charge in [0.25, 0.3) is 5.56 Å². The summed E-state index contributed by atoms with van der Waals surface area (Å²) in [5.74, 6) is 2.22. The van der Waals surface area contributed by atoms with Gasteiger partial charge in [0.05, 0.1) is 11.7 Å². The van der Waals surface area contributed by atoms with Crippen LogP contribution in [0.5, 0.6) is 0 Å². The number of fused-ring (bicyclic) bond motifs is 2. The Morgan fingerprint density at radius 3 is 2.94 bits per heavy atom. The number of rotatable bonds is 5. The number of Topliss-reactive ketones (excluding diaryl/α,β-unsaturated/α-hetero) is 1. The lowest BCUT2D eigenvalue weighted by Crippen LogP contribution is -2.23. The first kappa shape index (κ1) is 17.8. The number of benzene rings is 1. The van der Waals surface area contributed by atoms with Crippen LogP contribution in [0.1, 0.15) is 29.0 Å². The number of aryl methyl sites for hydroxylation is 1. The molecule has 5 heterocycles. The Kier molecular flexibility index (Phi) is 3.17. The van der Waals surface area contributed by atoms with Crippen LogP contribution in [0.25, 0.3) is 11.2 Å². The second kappa shape index (κ2) is 5.70. The fraction of sp³-hybridized carbons (Fsp3) is 0.364. The number of ketones is 1. The third-order valence-corrected chi connectivity index (χ3v) is 7.39. The van der Waals surface area contributed by atoms with Crippen molar-refractivity contribution >= 4 is 22.6 Å². The van der Waals surface area contributed by atoms with E-state index < -0.39 is 0 Å². The highest BCUT2D eigenvalue weighted by Gasteiger charge is 2.95. The SMILES string of the molecule is CC(=O)c1cccc(N2C[C@@H]3[C@@H]4C2[C@@]34c2noc(Cn3cnc4ncn(C)c4c3=O)n2)c1. The minimum absolute atomic E-state index is 0.0524. The lowest BCUT2D eigenvalue weighted by atomic mass is 10.1. The van der Waals surface area contributed by atoms with Gasteiger partial charge in [0.1, 0.15) is 12.9 Å². The predicted molar refractivity (Wildman–Crippen MR) is 112 cm³/mol. The number of carbonyl (C=O) groups excluding carboxylic acids is 1. The van der Waals surface area contributed by atoms with Crippen molar-refractivity contribution in [3.8, 4) is 0 Å². The average molecular weight is 429 g/mol. The van der Waals surface area contributed by atoms with Crippen molar-refractivity contribution < 1.29 is 9.32 Å². The van der Waals surface area contributed by atoms with E-state index in [9.17, 15) is 9.59 Å². The molecule has 160 valence electrons. The molecule has 10 nitrogen and oxygen atoms in total. The zero-order valence-electron chi connectivity index (χ0n) is 17.5. The summed E-state index contributed by atoms with van der Waals surface area (Å²) in [6, 6.07) is 8.14. The molecule has 10 heteroatoms. The summed E-state index contributed by atoms with van der Waals surface area (Å²) in [6.45, 7) is 2.69. The molecule has 2 saturated heterocycles. The van der Waals surface area contributed by atoms with Gasteiger partial charge in [0.15, 0.2) is 22.8 Å². The monoisotopic (exact) mass is 429 g/mol. The van der Waals surface area contributed by atoms with Crippen molar-refractivity contribution in [2.24, 2.45) is 18.9 Å². The van der Waals surface area contributed by atoms with Gasteiger partial charge in [-0.1, -0.05) is 17.3 Å². The van der Waals surface area contributed by atoms with Crippen molar-refractivity contribution in [2.45, 2.75) is 24.9 Å². The molecule has 0 amide bonds. The Hall–Kier alpha value is -3.82. The number of piperidine rings is 1. The standard InChI is InChI=1S/C22H19N7O3/c1-11(30)12-4-3-5-13(6-12)29-7-14-16-18(29)22(14,16)21-25-15(32-26-21)8-28-10-24-19-17(20(28)31)27(2)9-23-19/h3-6,9-10,14,16,18H,7-8H2,1-2H3/t14-,16-,18?,22-/m1/s1. The molecule has 2 aliphatic heterocycles. The number of carbonyl (C=O) groups is 1. The van der Waals surface area contributed by atoms with Crippen LogP contribution in [0.2, 0.25) is 0 Å². The maximum absolute atomic E-state index is 12.8. The summed E-state index contributed by atoms with van der Waals surface area (Å²) >= 11 is 0. The van der Waals surface area contributed by atoms with E-state index in [4.69, 9.17) is 4.52 Å². The minimum atomic E-state index is -0.194. The van der Waals surface area contributed by atoms with Gasteiger partial charge >= 0.3 is 0 Å². The Morgan fingerprint density at radius 2 is 2.12 bits per heavy atom. The van der Waals surface area contributed by atoms with Gasteiger partial charge in [-0.25, -0.2) is 9.97 Å². The van der Waals surface area contributed by atoms with E-state index in [1.807, 2.05) is 18.2 Å². The molecule has 4 fully saturated rings. The smallest absolute Gasteiger partial charge is 0.280 e. The Morgan fingerprint density at radius 1 is 1.28 bits per heavy atom. The topological polar surface area (TPSA) is 112 Å². The van der Waals surface area contributed by atoms with Crippen LogP contribution in [-0.4, -0.2) is 47.6 Å². The number of imidazole rings is 1. The Balaban J connectivity index is 1.15. The molecule has 4 atom stereocenters. The van der Waals surface area contributed by atoms with Gasteiger partial charge in [-0.05, 0) is 25.0 Å². The summed E-state index contributed by atoms with van der Waals surface area (Å²) in [7, 11) is 1.76. The lowest BCUT2D eigenvalue weighted by Gasteiger charge is -2.19. The first-order chi connectivity index (χ1) is 15.5. The van der Waals surface area contributed by atoms with E-state index in [1.165, 1.54) is 10.9 Å². The molecule has 4 aliphatic rings. The van der Waals surface area contributed by atoms with E-state index >= 15 is 0 Å². The largest absolute Gasteiger partial charge is 0.367 e. The fourth-order valence-electron chi connectivity index (χ4n) is 5.73. The summed E-state index contributed by atoms with van der Waals surface area (Å²) in [4.78, 5) is 39.9. The van der Waals surface area contributed by atoms with Crippen LogP contribution < -0.4 is 10.5 Å². The Bertz CT molecular complexity index is 1490. The first-order valence-electron chi connectivity index (χ1n) is 10.6. The molecule has 2 bridgehead atoms. The molecule has 1 aromatic carbocycles. The van der Waals surface area contributed by atoms with Gasteiger partial charge in [-0.2, -0.15) is 4.98 Å². The van der Waals surface area contributed by atoms with Gasteiger partial charge in [0.2, 0.25) is 5.89 Å². The molecule has 2 aliphatic carbocycles. The van der Waals surface area contributed by atoms with Gasteiger partial charge in [-0.15, -0.1) is 0 Å². The number of hydrogen-bond donors (Lipinski definition) is 0. The van der Waals surface area contributed by atoms with E-state index in [1.54, 1.807) is 24.9 Å². The summed E-state index contributed by atoms with van der Waals surface area (Å²) in [6.07, 6.45) is 3.03. The molecule has 2 saturated carbocycles. The fourth-order valence-corrected chi connectivity index (χ4v) is 5.73. The molecule has 32 heavy (non-hydrogen) atoms. The number of anilines is 1. The molecular formula is C22H19N7O3. The molecule has 3 aromatic heterocycles. The lowest BCUT2D eigenvalue weighted by molar-refractivity contribution is 0.101. The van der Waals surface area contributed by atoms with Crippen LogP contribution in [0.4, 0.5) is 5.69 Å². The van der Waals surface area contributed by atoms with Crippen molar-refractivity contribution in [1.29, 1.82) is 0 Å². The highest BCUT2D eigenvalue weighted by Crippen LogP contribution is 2.85. The maximum atomic E-state index is 12.8. The normalized spacial score (nSPS) is 27.1. The minimum Gasteiger partial charge on any atom is -0.367 e. The zero-order valence-corrected chi connectivity index (χ0v) is 17.5. The van der Waals surface area contributed by atoms with Crippen LogP contribution >= 0.6 is 0 Å². The molecule has 8 rings (SSSR count). The maximum Gasteiger partial charge on any atom is 0.280 e. The number of hydrogen-bond acceptors (Lipinski definition) is 8. The van der Waals surface area contributed by atoms with Crippen molar-refractivity contribution in [3.63, 3.8) is 0 Å².